The topological polar surface area (TPSA) is 58.1 Å². The van der Waals surface area contributed by atoms with E-state index in [4.69, 9.17) is 0 Å². The Hall–Kier alpha value is -2.43. The average Bonchev–Trinajstić information content (AvgIpc) is 2.61. The van der Waals surface area contributed by atoms with Gasteiger partial charge < -0.3 is 10.2 Å². The SMILES string of the molecule is CCCN(CCC)C(=O)c1cc(C)nc(NCCc2ccccc2)n1. The molecule has 0 saturated carbocycles. The van der Waals surface area contributed by atoms with Gasteiger partial charge in [-0.2, -0.15) is 0 Å². The number of aryl methyl sites for hydroxylation is 1. The van der Waals surface area contributed by atoms with Gasteiger partial charge in [0.15, 0.2) is 0 Å². The molecule has 0 fully saturated rings. The highest BCUT2D eigenvalue weighted by Gasteiger charge is 2.17. The molecule has 1 heterocycles. The Kier molecular flexibility index (Phi) is 7.38. The lowest BCUT2D eigenvalue weighted by Gasteiger charge is -2.21. The van der Waals surface area contributed by atoms with Crippen LogP contribution in [0.1, 0.15) is 48.4 Å². The number of rotatable bonds is 9. The van der Waals surface area contributed by atoms with Crippen molar-refractivity contribution in [3.63, 3.8) is 0 Å². The predicted molar refractivity (Wildman–Crippen MR) is 102 cm³/mol. The summed E-state index contributed by atoms with van der Waals surface area (Å²) in [6, 6.07) is 12.0. The minimum atomic E-state index is -0.0136. The first kappa shape index (κ1) is 18.9. The van der Waals surface area contributed by atoms with Gasteiger partial charge in [0.1, 0.15) is 5.69 Å². The third-order valence-corrected chi connectivity index (χ3v) is 3.89. The van der Waals surface area contributed by atoms with Crippen LogP contribution in [0.4, 0.5) is 5.95 Å². The van der Waals surface area contributed by atoms with E-state index in [0.717, 1.165) is 44.6 Å². The van der Waals surface area contributed by atoms with Gasteiger partial charge in [0.05, 0.1) is 0 Å². The molecule has 0 spiro atoms. The van der Waals surface area contributed by atoms with Crippen LogP contribution in [-0.2, 0) is 6.42 Å². The summed E-state index contributed by atoms with van der Waals surface area (Å²) in [5.74, 6) is 0.507. The summed E-state index contributed by atoms with van der Waals surface area (Å²) in [4.78, 5) is 23.4. The van der Waals surface area contributed by atoms with E-state index in [1.807, 2.05) is 30.0 Å². The number of benzene rings is 1. The lowest BCUT2D eigenvalue weighted by atomic mass is 10.1. The van der Waals surface area contributed by atoms with Crippen LogP contribution in [0.25, 0.3) is 0 Å². The summed E-state index contributed by atoms with van der Waals surface area (Å²) >= 11 is 0. The molecule has 134 valence electrons. The van der Waals surface area contributed by atoms with Crippen LogP contribution in [-0.4, -0.2) is 40.4 Å². The molecule has 2 rings (SSSR count). The third kappa shape index (κ3) is 5.85. The molecule has 1 aromatic carbocycles. The van der Waals surface area contributed by atoms with Crippen LogP contribution in [0.15, 0.2) is 36.4 Å². The van der Waals surface area contributed by atoms with Crippen molar-refractivity contribution in [2.45, 2.75) is 40.0 Å². The quantitative estimate of drug-likeness (QED) is 0.756. The standard InChI is InChI=1S/C20H28N4O/c1-4-13-24(14-5-2)19(25)18-15-16(3)22-20(23-18)21-12-11-17-9-7-6-8-10-17/h6-10,15H,4-5,11-14H2,1-3H3,(H,21,22,23). The Morgan fingerprint density at radius 3 is 2.40 bits per heavy atom. The van der Waals surface area contributed by atoms with Crippen LogP contribution in [0.3, 0.4) is 0 Å². The molecule has 0 unspecified atom stereocenters. The van der Waals surface area contributed by atoms with Crippen molar-refractivity contribution < 1.29 is 4.79 Å². The van der Waals surface area contributed by atoms with Crippen molar-refractivity contribution in [3.05, 3.63) is 53.3 Å². The van der Waals surface area contributed by atoms with E-state index in [1.165, 1.54) is 5.56 Å². The van der Waals surface area contributed by atoms with Crippen molar-refractivity contribution in [1.82, 2.24) is 14.9 Å². The molecule has 5 heteroatoms. The number of nitrogens with zero attached hydrogens (tertiary/aromatic N) is 3. The Labute approximate surface area is 150 Å². The summed E-state index contributed by atoms with van der Waals surface area (Å²) in [5, 5.41) is 3.24. The Bertz CT molecular complexity index is 667. The van der Waals surface area contributed by atoms with Crippen LogP contribution in [0.5, 0.6) is 0 Å². The van der Waals surface area contributed by atoms with Gasteiger partial charge in [-0.3, -0.25) is 4.79 Å². The molecule has 0 aliphatic heterocycles. The first-order valence-electron chi connectivity index (χ1n) is 9.06. The Morgan fingerprint density at radius 1 is 1.08 bits per heavy atom. The molecule has 1 N–H and O–H groups in total. The highest BCUT2D eigenvalue weighted by atomic mass is 16.2. The summed E-state index contributed by atoms with van der Waals surface area (Å²) in [6.45, 7) is 8.30. The van der Waals surface area contributed by atoms with E-state index in [0.29, 0.717) is 11.6 Å². The number of hydrogen-bond acceptors (Lipinski definition) is 4. The van der Waals surface area contributed by atoms with Crippen molar-refractivity contribution in [3.8, 4) is 0 Å². The zero-order valence-corrected chi connectivity index (χ0v) is 15.5. The molecule has 25 heavy (non-hydrogen) atoms. The molecule has 0 radical (unpaired) electrons. The first-order chi connectivity index (χ1) is 12.1. The van der Waals surface area contributed by atoms with Crippen molar-refractivity contribution in [2.75, 3.05) is 25.0 Å². The van der Waals surface area contributed by atoms with E-state index < -0.39 is 0 Å². The summed E-state index contributed by atoms with van der Waals surface area (Å²) in [6.07, 6.45) is 2.77. The maximum Gasteiger partial charge on any atom is 0.272 e. The summed E-state index contributed by atoms with van der Waals surface area (Å²) in [7, 11) is 0. The Morgan fingerprint density at radius 2 is 1.76 bits per heavy atom. The molecule has 5 nitrogen and oxygen atoms in total. The lowest BCUT2D eigenvalue weighted by Crippen LogP contribution is -2.33. The van der Waals surface area contributed by atoms with E-state index >= 15 is 0 Å². The fourth-order valence-corrected chi connectivity index (χ4v) is 2.74. The van der Waals surface area contributed by atoms with Crippen LogP contribution in [0.2, 0.25) is 0 Å². The smallest absolute Gasteiger partial charge is 0.272 e. The van der Waals surface area contributed by atoms with E-state index in [1.54, 1.807) is 6.07 Å². The van der Waals surface area contributed by atoms with E-state index in [2.05, 4.69) is 41.3 Å². The fraction of sp³-hybridized carbons (Fsp3) is 0.450. The van der Waals surface area contributed by atoms with E-state index in [-0.39, 0.29) is 5.91 Å². The second-order valence-electron chi connectivity index (χ2n) is 6.17. The van der Waals surface area contributed by atoms with Crippen molar-refractivity contribution >= 4 is 11.9 Å². The van der Waals surface area contributed by atoms with Gasteiger partial charge in [-0.1, -0.05) is 44.2 Å². The normalized spacial score (nSPS) is 10.5. The number of anilines is 1. The number of aromatic nitrogens is 2. The first-order valence-corrected chi connectivity index (χ1v) is 9.06. The zero-order valence-electron chi connectivity index (χ0n) is 15.5. The van der Waals surface area contributed by atoms with Crippen LogP contribution < -0.4 is 5.32 Å². The monoisotopic (exact) mass is 340 g/mol. The minimum absolute atomic E-state index is 0.0136. The molecular formula is C20H28N4O. The second kappa shape index (κ2) is 9.77. The van der Waals surface area contributed by atoms with Crippen molar-refractivity contribution in [2.24, 2.45) is 0 Å². The van der Waals surface area contributed by atoms with Crippen molar-refractivity contribution in [1.29, 1.82) is 0 Å². The number of carbonyl (C=O) groups excluding carboxylic acids is 1. The maximum atomic E-state index is 12.7. The van der Waals surface area contributed by atoms with Gasteiger partial charge in [0, 0.05) is 25.3 Å². The summed E-state index contributed by atoms with van der Waals surface area (Å²) in [5.41, 5.74) is 2.53. The zero-order chi connectivity index (χ0) is 18.1. The van der Waals surface area contributed by atoms with Crippen LogP contribution >= 0.6 is 0 Å². The van der Waals surface area contributed by atoms with Gasteiger partial charge in [0.25, 0.3) is 5.91 Å². The maximum absolute atomic E-state index is 12.7. The average molecular weight is 340 g/mol. The molecular weight excluding hydrogens is 312 g/mol. The predicted octanol–water partition coefficient (Wildman–Crippen LogP) is 3.70. The number of nitrogens with one attached hydrogen (secondary N) is 1. The minimum Gasteiger partial charge on any atom is -0.354 e. The number of amides is 1. The number of carbonyl (C=O) groups is 1. The molecule has 0 aliphatic carbocycles. The molecule has 2 aromatic rings. The van der Waals surface area contributed by atoms with Gasteiger partial charge in [-0.25, -0.2) is 9.97 Å². The second-order valence-corrected chi connectivity index (χ2v) is 6.17. The number of hydrogen-bond donors (Lipinski definition) is 1. The molecule has 1 amide bonds. The van der Waals surface area contributed by atoms with E-state index in [9.17, 15) is 4.79 Å². The molecule has 0 atom stereocenters. The van der Waals surface area contributed by atoms with Gasteiger partial charge in [0.2, 0.25) is 5.95 Å². The lowest BCUT2D eigenvalue weighted by molar-refractivity contribution is 0.0749. The molecule has 1 aromatic heterocycles. The summed E-state index contributed by atoms with van der Waals surface area (Å²) < 4.78 is 0. The molecule has 0 aliphatic rings. The van der Waals surface area contributed by atoms with Gasteiger partial charge >= 0.3 is 0 Å². The third-order valence-electron chi connectivity index (χ3n) is 3.89. The van der Waals surface area contributed by atoms with Crippen LogP contribution in [0, 0.1) is 6.92 Å². The molecule has 0 saturated heterocycles. The highest BCUT2D eigenvalue weighted by molar-refractivity contribution is 5.92. The fourth-order valence-electron chi connectivity index (χ4n) is 2.74. The molecule has 0 bridgehead atoms. The largest absolute Gasteiger partial charge is 0.354 e. The van der Waals surface area contributed by atoms with Gasteiger partial charge in [-0.05, 0) is 37.8 Å². The van der Waals surface area contributed by atoms with Gasteiger partial charge in [-0.15, -0.1) is 0 Å². The highest BCUT2D eigenvalue weighted by Crippen LogP contribution is 2.10. The Balaban J connectivity index is 2.04.